The molecule has 2 nitrogen and oxygen atoms in total. The Kier molecular flexibility index (Phi) is 11.2. The number of unbranched alkanes of at least 4 members (excludes halogenated alkanes) is 9. The molecule has 0 aliphatic rings. The van der Waals surface area contributed by atoms with Crippen molar-refractivity contribution < 1.29 is 9.53 Å². The smallest absolute Gasteiger partial charge is 0.156 e. The van der Waals surface area contributed by atoms with Gasteiger partial charge in [-0.1, -0.05) is 87.9 Å². The summed E-state index contributed by atoms with van der Waals surface area (Å²) in [6.45, 7) is 2.86. The highest BCUT2D eigenvalue weighted by molar-refractivity contribution is 6.37. The van der Waals surface area contributed by atoms with Gasteiger partial charge in [0.2, 0.25) is 0 Å². The number of carbonyl (C=O) groups excluding carboxylic acids is 1. The molecule has 1 aromatic rings. The minimum Gasteiger partial charge on any atom is -0.490 e. The van der Waals surface area contributed by atoms with Crippen LogP contribution in [-0.4, -0.2) is 12.9 Å². The molecular weight excluding hydrogens is 331 g/mol. The molecule has 0 heterocycles. The van der Waals surface area contributed by atoms with E-state index >= 15 is 0 Å². The maximum atomic E-state index is 10.7. The summed E-state index contributed by atoms with van der Waals surface area (Å²) in [6.07, 6.45) is 13.6. The highest BCUT2D eigenvalue weighted by atomic mass is 35.5. The van der Waals surface area contributed by atoms with Crippen LogP contribution in [0.15, 0.2) is 12.1 Å². The summed E-state index contributed by atoms with van der Waals surface area (Å²) >= 11 is 12.2. The lowest BCUT2D eigenvalue weighted by Crippen LogP contribution is -1.99. The lowest BCUT2D eigenvalue weighted by Gasteiger charge is -2.10. The predicted molar refractivity (Wildman–Crippen MR) is 99.2 cm³/mol. The second kappa shape index (κ2) is 12.7. The maximum Gasteiger partial charge on any atom is 0.156 e. The Morgan fingerprint density at radius 1 is 0.870 bits per heavy atom. The minimum atomic E-state index is 0.395. The van der Waals surface area contributed by atoms with Crippen molar-refractivity contribution in [1.29, 1.82) is 0 Å². The number of halogens is 2. The molecule has 0 amide bonds. The third-order valence-corrected chi connectivity index (χ3v) is 4.46. The van der Waals surface area contributed by atoms with E-state index in [1.54, 1.807) is 12.1 Å². The van der Waals surface area contributed by atoms with E-state index in [0.717, 1.165) is 19.1 Å². The van der Waals surface area contributed by atoms with Crippen molar-refractivity contribution in [2.75, 3.05) is 6.61 Å². The van der Waals surface area contributed by atoms with E-state index in [4.69, 9.17) is 27.9 Å². The average molecular weight is 359 g/mol. The molecule has 0 radical (unpaired) electrons. The first-order chi connectivity index (χ1) is 11.2. The molecule has 1 rings (SSSR count). The highest BCUT2D eigenvalue weighted by Crippen LogP contribution is 2.34. The number of aldehydes is 1. The molecule has 0 aromatic heterocycles. The molecule has 0 atom stereocenters. The van der Waals surface area contributed by atoms with E-state index < -0.39 is 0 Å². The third kappa shape index (κ3) is 8.62. The molecule has 0 saturated heterocycles. The summed E-state index contributed by atoms with van der Waals surface area (Å²) in [4.78, 5) is 10.7. The SMILES string of the molecule is CCCCCCCCCCCCOc1c(Cl)cc(C=O)cc1Cl. The van der Waals surface area contributed by atoms with Gasteiger partial charge in [0.1, 0.15) is 6.29 Å². The van der Waals surface area contributed by atoms with Gasteiger partial charge >= 0.3 is 0 Å². The van der Waals surface area contributed by atoms with E-state index in [1.165, 1.54) is 51.4 Å². The molecule has 0 bridgehead atoms. The summed E-state index contributed by atoms with van der Waals surface area (Å²) in [5.74, 6) is 0.481. The van der Waals surface area contributed by atoms with Gasteiger partial charge in [0.25, 0.3) is 0 Å². The van der Waals surface area contributed by atoms with Crippen molar-refractivity contribution in [3.63, 3.8) is 0 Å². The fourth-order valence-corrected chi connectivity index (χ4v) is 3.16. The second-order valence-corrected chi connectivity index (χ2v) is 6.78. The highest BCUT2D eigenvalue weighted by Gasteiger charge is 2.09. The van der Waals surface area contributed by atoms with Crippen LogP contribution in [0.3, 0.4) is 0 Å². The van der Waals surface area contributed by atoms with Crippen molar-refractivity contribution in [3.8, 4) is 5.75 Å². The number of rotatable bonds is 13. The van der Waals surface area contributed by atoms with Crippen molar-refractivity contribution in [3.05, 3.63) is 27.7 Å². The Bertz CT molecular complexity index is 438. The van der Waals surface area contributed by atoms with Gasteiger partial charge in [-0.05, 0) is 18.6 Å². The van der Waals surface area contributed by atoms with Gasteiger partial charge in [-0.2, -0.15) is 0 Å². The first kappa shape index (κ1) is 20.3. The van der Waals surface area contributed by atoms with Crippen LogP contribution in [-0.2, 0) is 0 Å². The van der Waals surface area contributed by atoms with Gasteiger partial charge in [0.15, 0.2) is 5.75 Å². The van der Waals surface area contributed by atoms with Gasteiger partial charge in [-0.25, -0.2) is 0 Å². The number of benzene rings is 1. The van der Waals surface area contributed by atoms with Crippen LogP contribution in [0.2, 0.25) is 10.0 Å². The summed E-state index contributed by atoms with van der Waals surface area (Å²) in [7, 11) is 0. The monoisotopic (exact) mass is 358 g/mol. The Morgan fingerprint density at radius 3 is 1.83 bits per heavy atom. The van der Waals surface area contributed by atoms with E-state index in [9.17, 15) is 4.79 Å². The largest absolute Gasteiger partial charge is 0.490 e. The minimum absolute atomic E-state index is 0.395. The van der Waals surface area contributed by atoms with Crippen LogP contribution >= 0.6 is 23.2 Å². The van der Waals surface area contributed by atoms with Crippen LogP contribution < -0.4 is 4.74 Å². The molecule has 0 aliphatic heterocycles. The molecule has 1 aromatic carbocycles. The van der Waals surface area contributed by atoms with Crippen LogP contribution in [0.1, 0.15) is 81.5 Å². The van der Waals surface area contributed by atoms with Crippen molar-refractivity contribution >= 4 is 29.5 Å². The van der Waals surface area contributed by atoms with Crippen LogP contribution in [0.4, 0.5) is 0 Å². The average Bonchev–Trinajstić information content (AvgIpc) is 2.54. The van der Waals surface area contributed by atoms with Crippen LogP contribution in [0, 0.1) is 0 Å². The second-order valence-electron chi connectivity index (χ2n) is 5.96. The number of ether oxygens (including phenoxy) is 1. The van der Waals surface area contributed by atoms with Crippen LogP contribution in [0.5, 0.6) is 5.75 Å². The van der Waals surface area contributed by atoms with E-state index in [2.05, 4.69) is 6.92 Å². The van der Waals surface area contributed by atoms with Gasteiger partial charge < -0.3 is 4.74 Å². The zero-order valence-electron chi connectivity index (χ0n) is 14.1. The van der Waals surface area contributed by atoms with Gasteiger partial charge in [0.05, 0.1) is 16.7 Å². The molecule has 0 spiro atoms. The first-order valence-corrected chi connectivity index (χ1v) is 9.51. The van der Waals surface area contributed by atoms with Crippen molar-refractivity contribution in [1.82, 2.24) is 0 Å². The number of hydrogen-bond acceptors (Lipinski definition) is 2. The molecule has 130 valence electrons. The number of hydrogen-bond donors (Lipinski definition) is 0. The summed E-state index contributed by atoms with van der Waals surface area (Å²) in [5, 5.41) is 0.790. The van der Waals surface area contributed by atoms with Gasteiger partial charge in [-0.15, -0.1) is 0 Å². The number of carbonyl (C=O) groups is 1. The Hall–Kier alpha value is -0.730. The zero-order valence-corrected chi connectivity index (χ0v) is 15.6. The molecule has 23 heavy (non-hydrogen) atoms. The standard InChI is InChI=1S/C19H28Cl2O2/c1-2-3-4-5-6-7-8-9-10-11-12-23-19-17(20)13-16(15-22)14-18(19)21/h13-15H,2-12H2,1H3. The van der Waals surface area contributed by atoms with Crippen LogP contribution in [0.25, 0.3) is 0 Å². The fraction of sp³-hybridized carbons (Fsp3) is 0.632. The van der Waals surface area contributed by atoms with Crippen molar-refractivity contribution in [2.45, 2.75) is 71.1 Å². The lowest BCUT2D eigenvalue weighted by molar-refractivity contribution is 0.112. The quantitative estimate of drug-likeness (QED) is 0.277. The van der Waals surface area contributed by atoms with Gasteiger partial charge in [0, 0.05) is 5.56 Å². The van der Waals surface area contributed by atoms with E-state index in [-0.39, 0.29) is 0 Å². The summed E-state index contributed by atoms with van der Waals surface area (Å²) in [5.41, 5.74) is 0.464. The van der Waals surface area contributed by atoms with Crippen molar-refractivity contribution in [2.24, 2.45) is 0 Å². The molecule has 0 saturated carbocycles. The molecule has 0 aliphatic carbocycles. The molecule has 4 heteroatoms. The Labute approximate surface area is 150 Å². The topological polar surface area (TPSA) is 26.3 Å². The normalized spacial score (nSPS) is 10.7. The molecule has 0 fully saturated rings. The molecule has 0 N–H and O–H groups in total. The third-order valence-electron chi connectivity index (χ3n) is 3.90. The molecule has 0 unspecified atom stereocenters. The first-order valence-electron chi connectivity index (χ1n) is 8.76. The lowest BCUT2D eigenvalue weighted by atomic mass is 10.1. The molecular formula is C19H28Cl2O2. The van der Waals surface area contributed by atoms with E-state index in [1.807, 2.05) is 0 Å². The van der Waals surface area contributed by atoms with E-state index in [0.29, 0.717) is 28.0 Å². The van der Waals surface area contributed by atoms with Gasteiger partial charge in [-0.3, -0.25) is 4.79 Å². The zero-order chi connectivity index (χ0) is 16.9. The predicted octanol–water partition coefficient (Wildman–Crippen LogP) is 7.11. The Morgan fingerprint density at radius 2 is 1.35 bits per heavy atom. The fourth-order valence-electron chi connectivity index (χ4n) is 2.55. The summed E-state index contributed by atoms with van der Waals surface area (Å²) < 4.78 is 5.66. The Balaban J connectivity index is 2.08. The maximum absolute atomic E-state index is 10.7. The summed E-state index contributed by atoms with van der Waals surface area (Å²) in [6, 6.07) is 3.16.